The molecule has 23 valence electrons. The minimum Gasteiger partial charge on any atom is 0 e. The molecule has 0 unspecified atom stereocenters. The van der Waals surface area contributed by atoms with Gasteiger partial charge in [0.2, 0.25) is 0 Å². The van der Waals surface area contributed by atoms with E-state index in [0.717, 1.165) is 0 Å². The van der Waals surface area contributed by atoms with Gasteiger partial charge in [0.15, 0.2) is 0 Å². The van der Waals surface area contributed by atoms with Gasteiger partial charge in [-0.05, 0) is 0 Å². The maximum absolute atomic E-state index is 4.20. The molecule has 4 heteroatoms. The van der Waals surface area contributed by atoms with Crippen LogP contribution in [0, 0.1) is 0 Å². The van der Waals surface area contributed by atoms with Crippen LogP contribution in [0.2, 0.25) is 0 Å². The number of hydrogen-bond acceptors (Lipinski definition) is 0. The van der Waals surface area contributed by atoms with Crippen molar-refractivity contribution in [2.75, 3.05) is 0 Å². The zero-order chi connectivity index (χ0) is 2.00. The summed E-state index contributed by atoms with van der Waals surface area (Å²) in [5.41, 5.74) is 0. The van der Waals surface area contributed by atoms with Crippen molar-refractivity contribution >= 4 is 23.1 Å². The molecule has 0 aliphatic heterocycles. The third-order valence-electron chi connectivity index (χ3n) is 0. The van der Waals surface area contributed by atoms with Gasteiger partial charge < -0.3 is 0 Å². The number of rotatable bonds is 0. The summed E-state index contributed by atoms with van der Waals surface area (Å²) >= 11 is 5.71. The molecule has 0 N–H and O–H groups in total. The predicted molar refractivity (Wildman–Crippen MR) is 8.54 cm³/mol. The van der Waals surface area contributed by atoms with Crippen molar-refractivity contribution in [1.29, 1.82) is 0 Å². The third-order valence-corrected chi connectivity index (χ3v) is 0. The van der Waals surface area contributed by atoms with Crippen LogP contribution < -0.4 is 0 Å². The van der Waals surface area contributed by atoms with Gasteiger partial charge in [-0.2, -0.15) is 0 Å². The summed E-state index contributed by atoms with van der Waals surface area (Å²) < 4.78 is 0. The van der Waals surface area contributed by atoms with E-state index in [9.17, 15) is 0 Å². The molecule has 0 saturated carbocycles. The first-order chi connectivity index (χ1) is 1.00. The molecule has 0 aliphatic carbocycles. The Labute approximate surface area is 72.5 Å². The summed E-state index contributed by atoms with van der Waals surface area (Å²) in [6.07, 6.45) is 0. The predicted octanol–water partition coefficient (Wildman–Crippen LogP) is -0.924. The van der Waals surface area contributed by atoms with Gasteiger partial charge in [0.1, 0.15) is 0 Å². The summed E-state index contributed by atoms with van der Waals surface area (Å²) in [5.74, 6) is 0. The van der Waals surface area contributed by atoms with E-state index < -0.39 is 0 Å². The first kappa shape index (κ1) is 16.0. The quantitative estimate of drug-likeness (QED) is 0.488. The van der Waals surface area contributed by atoms with Crippen molar-refractivity contribution in [3.05, 3.63) is 0 Å². The van der Waals surface area contributed by atoms with E-state index in [1.807, 2.05) is 0 Å². The molecule has 0 fully saturated rings. The Morgan fingerprint density at radius 1 is 1.25 bits per heavy atom. The van der Waals surface area contributed by atoms with E-state index in [2.05, 4.69) is 13.4 Å². The van der Waals surface area contributed by atoms with Gasteiger partial charge in [0, 0.05) is 19.5 Å². The van der Waals surface area contributed by atoms with Crippen LogP contribution in [0.15, 0.2) is 0 Å². The molecule has 0 heterocycles. The van der Waals surface area contributed by atoms with Crippen molar-refractivity contribution in [3.63, 3.8) is 0 Å². The summed E-state index contributed by atoms with van der Waals surface area (Å²) in [6.45, 7) is 0. The summed E-state index contributed by atoms with van der Waals surface area (Å²) in [6, 6.07) is 0. The van der Waals surface area contributed by atoms with Gasteiger partial charge in [0.05, 0.1) is 0 Å². The Morgan fingerprint density at radius 2 is 1.25 bits per heavy atom. The molecule has 0 bridgehead atoms. The van der Waals surface area contributed by atoms with Gasteiger partial charge in [0.25, 0.3) is 0 Å². The fourth-order valence-electron chi connectivity index (χ4n) is 0. The van der Waals surface area contributed by atoms with Gasteiger partial charge in [-0.3, -0.25) is 0 Å². The van der Waals surface area contributed by atoms with Crippen molar-refractivity contribution in [1.82, 2.24) is 0 Å². The van der Waals surface area contributed by atoms with Crippen LogP contribution in [-0.2, 0) is 50.6 Å². The van der Waals surface area contributed by atoms with Crippen LogP contribution in [0.1, 0.15) is 0 Å². The Hall–Kier alpha value is 2.60. The molecule has 0 spiro atoms. The smallest absolute Gasteiger partial charge is 0 e. The normalized spacial score (nSPS) is 1.50. The van der Waals surface area contributed by atoms with E-state index in [1.54, 1.807) is 0 Å². The van der Waals surface area contributed by atoms with E-state index in [4.69, 9.17) is 0 Å². The fraction of sp³-hybridized carbons (Fsp3) is 0. The molecule has 0 aromatic rings. The average Bonchev–Trinajstić information content (AvgIpc) is 1.00. The molecular formula is H2CuMgMoZn. The van der Waals surface area contributed by atoms with E-state index in [0.29, 0.717) is 0 Å². The molecule has 0 aromatic heterocycles. The van der Waals surface area contributed by atoms with Gasteiger partial charge in [-0.1, -0.05) is 0 Å². The first-order valence-corrected chi connectivity index (χ1v) is 3.00. The van der Waals surface area contributed by atoms with Crippen molar-refractivity contribution in [2.24, 2.45) is 0 Å². The van der Waals surface area contributed by atoms with Gasteiger partial charge in [-0.25, -0.2) is 0 Å². The standard InChI is InChI=1S/Cu.Mg.Mo.Zn.2H. The maximum atomic E-state index is 4.20. The van der Waals surface area contributed by atoms with Crippen molar-refractivity contribution < 1.29 is 50.6 Å². The monoisotopic (exact) mass is 251 g/mol. The van der Waals surface area contributed by atoms with Crippen LogP contribution in [0.25, 0.3) is 0 Å². The molecule has 0 aromatic carbocycles. The summed E-state index contributed by atoms with van der Waals surface area (Å²) in [5, 5.41) is 0. The zero-order valence-electron chi connectivity index (χ0n) is 1.42. The topological polar surface area (TPSA) is 0 Å². The van der Waals surface area contributed by atoms with Crippen LogP contribution in [0.5, 0.6) is 0 Å². The molecule has 0 aliphatic rings. The number of hydrogen-bond donors (Lipinski definition) is 0. The summed E-state index contributed by atoms with van der Waals surface area (Å²) in [4.78, 5) is 0. The molecule has 0 nitrogen and oxygen atoms in total. The van der Waals surface area contributed by atoms with Crippen molar-refractivity contribution in [2.45, 2.75) is 0 Å². The van der Waals surface area contributed by atoms with Crippen molar-refractivity contribution in [3.8, 4) is 0 Å². The maximum Gasteiger partial charge on any atom is 0.316 e. The van der Waals surface area contributed by atoms with Crippen LogP contribution >= 0.6 is 0 Å². The molecular weight excluding hydrogens is 249 g/mol. The second-order valence-corrected chi connectivity index (χ2v) is 0. The molecule has 0 amide bonds. The van der Waals surface area contributed by atoms with E-state index in [1.165, 1.54) is 17.7 Å². The second kappa shape index (κ2) is 17.5. The Balaban J connectivity index is -0.00000000500. The minimum atomic E-state index is 0. The molecule has 0 rings (SSSR count). The molecule has 0 atom stereocenters. The van der Waals surface area contributed by atoms with Crippen LogP contribution in [-0.4, -0.2) is 23.1 Å². The van der Waals surface area contributed by atoms with E-state index >= 15 is 0 Å². The Morgan fingerprint density at radius 3 is 1.25 bits per heavy atom. The fourth-order valence-corrected chi connectivity index (χ4v) is 0. The minimum absolute atomic E-state index is 0. The average molecular weight is 251 g/mol. The van der Waals surface area contributed by atoms with Crippen LogP contribution in [0.4, 0.5) is 0 Å². The van der Waals surface area contributed by atoms with Gasteiger partial charge in [-0.15, -0.1) is 0 Å². The molecule has 0 saturated heterocycles. The second-order valence-electron chi connectivity index (χ2n) is 0. The van der Waals surface area contributed by atoms with E-state index in [-0.39, 0.29) is 42.5 Å². The zero-order valence-corrected chi connectivity index (χ0v) is 7.33. The SMILES string of the molecule is [Cu][Mo].[MgH2].[Zn]. The first-order valence-electron chi connectivity index (χ1n) is 0.123. The third kappa shape index (κ3) is 8.82. The molecule has 4 heavy (non-hydrogen) atoms. The molecule has 0 radical (unpaired) electrons. The Bertz CT molecular complexity index is 8.00. The largest absolute Gasteiger partial charge is 0.316 e. The summed E-state index contributed by atoms with van der Waals surface area (Å²) in [7, 11) is 0. The van der Waals surface area contributed by atoms with Crippen LogP contribution in [0.3, 0.4) is 0 Å². The Kier molecular flexibility index (Phi) is 70.0. The van der Waals surface area contributed by atoms with Gasteiger partial charge >= 0.3 is 54.2 Å².